The number of ether oxygens (including phenoxy) is 2. The second-order valence-corrected chi connectivity index (χ2v) is 7.01. The summed E-state index contributed by atoms with van der Waals surface area (Å²) in [5.74, 6) is -0.421. The zero-order valence-corrected chi connectivity index (χ0v) is 16.4. The average molecular weight is 397 g/mol. The van der Waals surface area contributed by atoms with Gasteiger partial charge in [0, 0.05) is 12.8 Å². The number of aryl methyl sites for hydroxylation is 1. The van der Waals surface area contributed by atoms with Crippen LogP contribution in [0.4, 0.5) is 0 Å². The Morgan fingerprint density at radius 2 is 1.64 bits per heavy atom. The van der Waals surface area contributed by atoms with Crippen molar-refractivity contribution in [2.75, 3.05) is 0 Å². The molecule has 144 valence electrons. The second-order valence-electron chi connectivity index (χ2n) is 6.60. The van der Waals surface area contributed by atoms with E-state index >= 15 is 0 Å². The number of rotatable bonds is 7. The van der Waals surface area contributed by atoms with Crippen molar-refractivity contribution in [2.45, 2.75) is 32.8 Å². The van der Waals surface area contributed by atoms with Gasteiger partial charge in [-0.25, -0.2) is 0 Å². The van der Waals surface area contributed by atoms with Crippen molar-refractivity contribution < 1.29 is 19.1 Å². The zero-order valence-electron chi connectivity index (χ0n) is 15.6. The molecule has 4 nitrogen and oxygen atoms in total. The predicted octanol–water partition coefficient (Wildman–Crippen LogP) is 5.62. The van der Waals surface area contributed by atoms with E-state index in [4.69, 9.17) is 21.1 Å². The fourth-order valence-electron chi connectivity index (χ4n) is 2.80. The first-order valence-corrected chi connectivity index (χ1v) is 9.49. The number of benzene rings is 3. The van der Waals surface area contributed by atoms with Crippen molar-refractivity contribution in [3.63, 3.8) is 0 Å². The van der Waals surface area contributed by atoms with Crippen LogP contribution in [0.5, 0.6) is 5.75 Å². The quantitative estimate of drug-likeness (QED) is 0.384. The van der Waals surface area contributed by atoms with Gasteiger partial charge in [-0.1, -0.05) is 54.1 Å². The Labute approximate surface area is 169 Å². The molecule has 0 aromatic heterocycles. The Hall–Kier alpha value is -2.85. The first-order chi connectivity index (χ1) is 13.5. The van der Waals surface area contributed by atoms with E-state index in [2.05, 4.69) is 0 Å². The van der Waals surface area contributed by atoms with Crippen LogP contribution in [0.3, 0.4) is 0 Å². The van der Waals surface area contributed by atoms with Crippen molar-refractivity contribution >= 4 is 34.3 Å². The molecule has 0 atom stereocenters. The number of carbonyl (C=O) groups is 2. The largest absolute Gasteiger partial charge is 0.461 e. The van der Waals surface area contributed by atoms with Crippen LogP contribution in [0.25, 0.3) is 10.8 Å². The molecule has 0 N–H and O–H groups in total. The van der Waals surface area contributed by atoms with Gasteiger partial charge < -0.3 is 9.47 Å². The molecule has 0 heterocycles. The number of hydrogen-bond acceptors (Lipinski definition) is 4. The molecular weight excluding hydrogens is 376 g/mol. The number of halogens is 1. The SMILES string of the molecule is Cc1ccc(Cl)c(OC(=O)CCCC(=O)OCc2ccc3ccccc3c2)c1. The fraction of sp³-hybridized carbons (Fsp3) is 0.217. The number of fused-ring (bicyclic) bond motifs is 1. The van der Waals surface area contributed by atoms with Crippen LogP contribution in [0.15, 0.2) is 60.7 Å². The Balaban J connectivity index is 1.41. The maximum atomic E-state index is 11.9. The molecule has 0 unspecified atom stereocenters. The van der Waals surface area contributed by atoms with Gasteiger partial charge in [0.25, 0.3) is 0 Å². The average Bonchev–Trinajstić information content (AvgIpc) is 2.69. The van der Waals surface area contributed by atoms with E-state index in [0.717, 1.165) is 21.9 Å². The van der Waals surface area contributed by atoms with Gasteiger partial charge in [-0.15, -0.1) is 0 Å². The lowest BCUT2D eigenvalue weighted by atomic mass is 10.1. The third kappa shape index (κ3) is 5.57. The van der Waals surface area contributed by atoms with Crippen LogP contribution in [-0.4, -0.2) is 11.9 Å². The fourth-order valence-corrected chi connectivity index (χ4v) is 2.96. The van der Waals surface area contributed by atoms with E-state index in [0.29, 0.717) is 17.2 Å². The van der Waals surface area contributed by atoms with E-state index in [9.17, 15) is 9.59 Å². The van der Waals surface area contributed by atoms with Gasteiger partial charge in [0.15, 0.2) is 0 Å². The topological polar surface area (TPSA) is 52.6 Å². The van der Waals surface area contributed by atoms with Crippen LogP contribution in [0.2, 0.25) is 5.02 Å². The van der Waals surface area contributed by atoms with E-state index in [-0.39, 0.29) is 25.4 Å². The van der Waals surface area contributed by atoms with Crippen molar-refractivity contribution in [2.24, 2.45) is 0 Å². The highest BCUT2D eigenvalue weighted by atomic mass is 35.5. The summed E-state index contributed by atoms with van der Waals surface area (Å²) < 4.78 is 10.6. The van der Waals surface area contributed by atoms with Crippen molar-refractivity contribution in [1.82, 2.24) is 0 Å². The predicted molar refractivity (Wildman–Crippen MR) is 109 cm³/mol. The summed E-state index contributed by atoms with van der Waals surface area (Å²) in [6.07, 6.45) is 0.637. The Bertz CT molecular complexity index is 997. The molecule has 0 radical (unpaired) electrons. The minimum Gasteiger partial charge on any atom is -0.461 e. The molecule has 0 aliphatic rings. The van der Waals surface area contributed by atoms with E-state index in [1.807, 2.05) is 55.5 Å². The van der Waals surface area contributed by atoms with Gasteiger partial charge >= 0.3 is 11.9 Å². The molecule has 0 aliphatic heterocycles. The lowest BCUT2D eigenvalue weighted by Crippen LogP contribution is -2.10. The lowest BCUT2D eigenvalue weighted by molar-refractivity contribution is -0.145. The maximum absolute atomic E-state index is 11.9. The Morgan fingerprint density at radius 1 is 0.893 bits per heavy atom. The molecule has 0 saturated heterocycles. The summed E-state index contributed by atoms with van der Waals surface area (Å²) in [5, 5.41) is 2.63. The second kappa shape index (κ2) is 9.38. The van der Waals surface area contributed by atoms with Crippen LogP contribution < -0.4 is 4.74 Å². The molecule has 0 bridgehead atoms. The standard InChI is InChI=1S/C23H21ClO4/c1-16-9-12-20(24)21(13-16)28-23(26)8-4-7-22(25)27-15-17-10-11-18-5-2-3-6-19(18)14-17/h2-3,5-6,9-14H,4,7-8,15H2,1H3. The summed E-state index contributed by atoms with van der Waals surface area (Å²) >= 11 is 6.01. The number of hydrogen-bond donors (Lipinski definition) is 0. The van der Waals surface area contributed by atoms with Gasteiger partial charge in [-0.05, 0) is 53.4 Å². The van der Waals surface area contributed by atoms with Crippen molar-refractivity contribution in [1.29, 1.82) is 0 Å². The Kier molecular flexibility index (Phi) is 6.66. The molecule has 0 fully saturated rings. The summed E-state index contributed by atoms with van der Waals surface area (Å²) in [7, 11) is 0. The molecule has 0 aliphatic carbocycles. The summed E-state index contributed by atoms with van der Waals surface area (Å²) in [5.41, 5.74) is 1.88. The summed E-state index contributed by atoms with van der Waals surface area (Å²) in [6.45, 7) is 2.10. The molecule has 3 rings (SSSR count). The lowest BCUT2D eigenvalue weighted by Gasteiger charge is -2.08. The molecule has 0 spiro atoms. The molecule has 0 amide bonds. The highest BCUT2D eigenvalue weighted by molar-refractivity contribution is 6.32. The van der Waals surface area contributed by atoms with Gasteiger partial charge in [0.05, 0.1) is 5.02 Å². The van der Waals surface area contributed by atoms with E-state index in [1.54, 1.807) is 12.1 Å². The number of carbonyl (C=O) groups excluding carboxylic acids is 2. The van der Waals surface area contributed by atoms with Crippen LogP contribution >= 0.6 is 11.6 Å². The van der Waals surface area contributed by atoms with Gasteiger partial charge in [-0.3, -0.25) is 9.59 Å². The molecule has 3 aromatic rings. The molecule has 28 heavy (non-hydrogen) atoms. The Morgan fingerprint density at radius 3 is 2.46 bits per heavy atom. The first kappa shape index (κ1) is 19.9. The number of esters is 2. The van der Waals surface area contributed by atoms with Gasteiger partial charge in [0.2, 0.25) is 0 Å². The highest BCUT2D eigenvalue weighted by Crippen LogP contribution is 2.25. The van der Waals surface area contributed by atoms with Crippen LogP contribution in [0, 0.1) is 6.92 Å². The third-order valence-electron chi connectivity index (χ3n) is 4.29. The van der Waals surface area contributed by atoms with Crippen LogP contribution in [-0.2, 0) is 20.9 Å². The minimum absolute atomic E-state index is 0.120. The molecule has 0 saturated carbocycles. The van der Waals surface area contributed by atoms with E-state index < -0.39 is 5.97 Å². The normalized spacial score (nSPS) is 10.6. The third-order valence-corrected chi connectivity index (χ3v) is 4.60. The molecule has 3 aromatic carbocycles. The molecule has 5 heteroatoms. The maximum Gasteiger partial charge on any atom is 0.311 e. The molecular formula is C23H21ClO4. The zero-order chi connectivity index (χ0) is 19.9. The van der Waals surface area contributed by atoms with Gasteiger partial charge in [0.1, 0.15) is 12.4 Å². The van der Waals surface area contributed by atoms with Crippen molar-refractivity contribution in [3.8, 4) is 5.75 Å². The monoisotopic (exact) mass is 396 g/mol. The van der Waals surface area contributed by atoms with E-state index in [1.165, 1.54) is 0 Å². The first-order valence-electron chi connectivity index (χ1n) is 9.11. The smallest absolute Gasteiger partial charge is 0.311 e. The summed E-state index contributed by atoms with van der Waals surface area (Å²) in [6, 6.07) is 19.2. The summed E-state index contributed by atoms with van der Waals surface area (Å²) in [4.78, 5) is 23.9. The highest BCUT2D eigenvalue weighted by Gasteiger charge is 2.11. The van der Waals surface area contributed by atoms with Crippen LogP contribution in [0.1, 0.15) is 30.4 Å². The van der Waals surface area contributed by atoms with Crippen molar-refractivity contribution in [3.05, 3.63) is 76.8 Å². The van der Waals surface area contributed by atoms with Gasteiger partial charge in [-0.2, -0.15) is 0 Å². The minimum atomic E-state index is -0.421.